The molecule has 4 aromatic carbocycles. The molecule has 3 aliphatic carbocycles. The molecule has 7 nitrogen and oxygen atoms in total. The third-order valence-corrected chi connectivity index (χ3v) is 8.63. The van der Waals surface area contributed by atoms with Gasteiger partial charge in [0.05, 0.1) is 33.8 Å². The molecule has 4 aromatic rings. The van der Waals surface area contributed by atoms with E-state index in [4.69, 9.17) is 16.3 Å². The van der Waals surface area contributed by atoms with Crippen LogP contribution in [0.3, 0.4) is 0 Å². The van der Waals surface area contributed by atoms with Crippen LogP contribution in [0.15, 0.2) is 97.1 Å². The maximum Gasteiger partial charge on any atom is 0.340 e. The van der Waals surface area contributed by atoms with Crippen LogP contribution in [0.4, 0.5) is 11.4 Å². The molecule has 1 heterocycles. The summed E-state index contributed by atoms with van der Waals surface area (Å²) in [5.74, 6) is -3.75. The number of nitrogens with one attached hydrogen (secondary N) is 1. The zero-order chi connectivity index (χ0) is 28.2. The predicted molar refractivity (Wildman–Crippen MR) is 153 cm³/mol. The number of benzene rings is 4. The highest BCUT2D eigenvalue weighted by molar-refractivity contribution is 6.33. The summed E-state index contributed by atoms with van der Waals surface area (Å²) in [4.78, 5) is 55.0. The summed E-state index contributed by atoms with van der Waals surface area (Å²) in [6, 6.07) is 29.1. The summed E-state index contributed by atoms with van der Waals surface area (Å²) in [6.45, 7) is -0.569. The van der Waals surface area contributed by atoms with Gasteiger partial charge in [-0.3, -0.25) is 14.4 Å². The van der Waals surface area contributed by atoms with Gasteiger partial charge < -0.3 is 10.1 Å². The molecule has 3 amide bonds. The van der Waals surface area contributed by atoms with Gasteiger partial charge in [-0.15, -0.1) is 0 Å². The number of imide groups is 1. The number of carbonyl (C=O) groups excluding carboxylic acids is 4. The van der Waals surface area contributed by atoms with Crippen molar-refractivity contribution in [3.05, 3.63) is 130 Å². The quantitative estimate of drug-likeness (QED) is 0.255. The maximum absolute atomic E-state index is 14.1. The third-order valence-electron chi connectivity index (χ3n) is 8.30. The van der Waals surface area contributed by atoms with Crippen LogP contribution in [0.5, 0.6) is 0 Å². The van der Waals surface area contributed by atoms with Crippen molar-refractivity contribution in [2.24, 2.45) is 11.8 Å². The Labute approximate surface area is 240 Å². The molecule has 0 spiro atoms. The van der Waals surface area contributed by atoms with E-state index in [2.05, 4.69) is 5.32 Å². The van der Waals surface area contributed by atoms with Crippen LogP contribution in [-0.4, -0.2) is 30.3 Å². The lowest BCUT2D eigenvalue weighted by atomic mass is 9.55. The lowest BCUT2D eigenvalue weighted by molar-refractivity contribution is -0.122. The fourth-order valence-electron chi connectivity index (χ4n) is 6.71. The second-order valence-corrected chi connectivity index (χ2v) is 10.8. The highest BCUT2D eigenvalue weighted by Gasteiger charge is 2.62. The highest BCUT2D eigenvalue weighted by atomic mass is 35.5. The number of rotatable bonds is 5. The molecule has 1 N–H and O–H groups in total. The molecule has 0 radical (unpaired) electrons. The van der Waals surface area contributed by atoms with Crippen molar-refractivity contribution in [1.29, 1.82) is 0 Å². The first kappa shape index (κ1) is 25.2. The van der Waals surface area contributed by atoms with Crippen LogP contribution in [0.1, 0.15) is 44.4 Å². The Balaban J connectivity index is 1.19. The van der Waals surface area contributed by atoms with E-state index in [1.807, 2.05) is 48.5 Å². The molecule has 8 heteroatoms. The normalized spacial score (nSPS) is 21.6. The monoisotopic (exact) mass is 562 g/mol. The van der Waals surface area contributed by atoms with E-state index in [0.29, 0.717) is 10.7 Å². The summed E-state index contributed by atoms with van der Waals surface area (Å²) >= 11 is 6.09. The summed E-state index contributed by atoms with van der Waals surface area (Å²) in [7, 11) is 0. The second-order valence-electron chi connectivity index (χ2n) is 10.4. The molecule has 41 heavy (non-hydrogen) atoms. The SMILES string of the molecule is O=C(COC(=O)c1ccccc1N1C(=O)[C@H]2C3c4ccccc4C(c4ccccc43)[C@@H]2C1=O)Nc1ccccc1Cl. The topological polar surface area (TPSA) is 92.8 Å². The van der Waals surface area contributed by atoms with Gasteiger partial charge in [-0.1, -0.05) is 84.4 Å². The van der Waals surface area contributed by atoms with Crippen molar-refractivity contribution < 1.29 is 23.9 Å². The van der Waals surface area contributed by atoms with Crippen molar-refractivity contribution in [1.82, 2.24) is 0 Å². The molecule has 0 saturated carbocycles. The van der Waals surface area contributed by atoms with E-state index in [-0.39, 0.29) is 34.9 Å². The van der Waals surface area contributed by atoms with Crippen LogP contribution >= 0.6 is 11.6 Å². The Morgan fingerprint density at radius 3 is 1.76 bits per heavy atom. The summed E-state index contributed by atoms with van der Waals surface area (Å²) < 4.78 is 5.30. The smallest absolute Gasteiger partial charge is 0.340 e. The van der Waals surface area contributed by atoms with Crippen LogP contribution in [-0.2, 0) is 19.1 Å². The molecule has 0 aromatic heterocycles. The van der Waals surface area contributed by atoms with Gasteiger partial charge >= 0.3 is 5.97 Å². The number of hydrogen-bond acceptors (Lipinski definition) is 5. The molecule has 0 unspecified atom stereocenters. The van der Waals surface area contributed by atoms with Crippen molar-refractivity contribution in [3.63, 3.8) is 0 Å². The van der Waals surface area contributed by atoms with E-state index in [9.17, 15) is 19.2 Å². The Morgan fingerprint density at radius 1 is 0.707 bits per heavy atom. The number of carbonyl (C=O) groups is 4. The predicted octanol–water partition coefficient (Wildman–Crippen LogP) is 5.53. The van der Waals surface area contributed by atoms with Crippen molar-refractivity contribution >= 4 is 46.7 Å². The van der Waals surface area contributed by atoms with Gasteiger partial charge in [0.15, 0.2) is 6.61 Å². The Morgan fingerprint density at radius 2 is 1.20 bits per heavy atom. The molecule has 4 aliphatic rings. The first-order valence-electron chi connectivity index (χ1n) is 13.3. The number of halogens is 1. The first-order chi connectivity index (χ1) is 20.0. The van der Waals surface area contributed by atoms with Crippen molar-refractivity contribution in [3.8, 4) is 0 Å². The molecule has 1 saturated heterocycles. The Bertz CT molecular complexity index is 1650. The van der Waals surface area contributed by atoms with Gasteiger partial charge in [-0.25, -0.2) is 9.69 Å². The number of hydrogen-bond donors (Lipinski definition) is 1. The molecule has 202 valence electrons. The minimum absolute atomic E-state index is 0.0285. The number of anilines is 2. The molecule has 2 bridgehead atoms. The Kier molecular flexibility index (Phi) is 5.98. The number of esters is 1. The summed E-state index contributed by atoms with van der Waals surface area (Å²) in [5.41, 5.74) is 4.84. The number of para-hydroxylation sites is 2. The van der Waals surface area contributed by atoms with Gasteiger partial charge in [-0.2, -0.15) is 0 Å². The van der Waals surface area contributed by atoms with Gasteiger partial charge in [0.1, 0.15) is 0 Å². The van der Waals surface area contributed by atoms with Crippen molar-refractivity contribution in [2.75, 3.05) is 16.8 Å². The molecule has 1 aliphatic heterocycles. The van der Waals surface area contributed by atoms with Gasteiger partial charge in [0.25, 0.3) is 5.91 Å². The summed E-state index contributed by atoms with van der Waals surface area (Å²) in [6.07, 6.45) is 0. The molecule has 2 atom stereocenters. The largest absolute Gasteiger partial charge is 0.452 e. The minimum atomic E-state index is -0.820. The third kappa shape index (κ3) is 3.88. The summed E-state index contributed by atoms with van der Waals surface area (Å²) in [5, 5.41) is 2.95. The lowest BCUT2D eigenvalue weighted by Gasteiger charge is -2.45. The minimum Gasteiger partial charge on any atom is -0.452 e. The average molecular weight is 563 g/mol. The van der Waals surface area contributed by atoms with Gasteiger partial charge in [-0.05, 0) is 46.5 Å². The van der Waals surface area contributed by atoms with E-state index in [0.717, 1.165) is 27.2 Å². The van der Waals surface area contributed by atoms with E-state index in [1.165, 1.54) is 6.07 Å². The van der Waals surface area contributed by atoms with Crippen LogP contribution < -0.4 is 10.2 Å². The van der Waals surface area contributed by atoms with Crippen molar-refractivity contribution in [2.45, 2.75) is 11.8 Å². The average Bonchev–Trinajstić information content (AvgIpc) is 3.27. The standard InChI is InChI=1S/C33H23ClN2O5/c34-23-14-6-7-15-24(23)35-26(37)17-41-33(40)22-13-5-8-16-25(22)36-31(38)29-27-18-9-1-2-10-19(18)28(30(29)32(36)39)21-12-4-3-11-20(21)27/h1-16,27-30H,17H2,(H,35,37)/t27?,28?,29-,30-/m0/s1. The molecular weight excluding hydrogens is 540 g/mol. The maximum atomic E-state index is 14.1. The molecule has 1 fully saturated rings. The fourth-order valence-corrected chi connectivity index (χ4v) is 6.90. The lowest BCUT2D eigenvalue weighted by Crippen LogP contribution is -2.41. The molecular formula is C33H23ClN2O5. The first-order valence-corrected chi connectivity index (χ1v) is 13.7. The fraction of sp³-hybridized carbons (Fsp3) is 0.152. The van der Waals surface area contributed by atoms with Crippen LogP contribution in [0.25, 0.3) is 0 Å². The number of ether oxygens (including phenoxy) is 1. The van der Waals surface area contributed by atoms with Crippen LogP contribution in [0.2, 0.25) is 5.02 Å². The van der Waals surface area contributed by atoms with Crippen LogP contribution in [0, 0.1) is 11.8 Å². The zero-order valence-electron chi connectivity index (χ0n) is 21.6. The van der Waals surface area contributed by atoms with E-state index in [1.54, 1.807) is 42.5 Å². The molecule has 8 rings (SSSR count). The second kappa shape index (κ2) is 9.71. The van der Waals surface area contributed by atoms with E-state index < -0.39 is 30.3 Å². The van der Waals surface area contributed by atoms with E-state index >= 15 is 0 Å². The van der Waals surface area contributed by atoms with Gasteiger partial charge in [0, 0.05) is 11.8 Å². The number of amides is 3. The Hall–Kier alpha value is -4.75. The highest BCUT2D eigenvalue weighted by Crippen LogP contribution is 2.61. The number of nitrogens with zero attached hydrogens (tertiary/aromatic N) is 1. The van der Waals surface area contributed by atoms with Gasteiger partial charge in [0.2, 0.25) is 11.8 Å². The zero-order valence-corrected chi connectivity index (χ0v) is 22.4.